The minimum atomic E-state index is -0.0350. The predicted octanol–water partition coefficient (Wildman–Crippen LogP) is 3.11. The van der Waals surface area contributed by atoms with Crippen LogP contribution in [-0.4, -0.2) is 12.6 Å². The lowest BCUT2D eigenvalue weighted by Gasteiger charge is -2.24. The Balaban J connectivity index is 2.66. The van der Waals surface area contributed by atoms with Gasteiger partial charge in [-0.2, -0.15) is 0 Å². The van der Waals surface area contributed by atoms with Crippen LogP contribution in [0.5, 0.6) is 0 Å². The highest BCUT2D eigenvalue weighted by atomic mass is 16.5. The highest BCUT2D eigenvalue weighted by Crippen LogP contribution is 2.18. The molecule has 0 heterocycles. The van der Waals surface area contributed by atoms with E-state index in [0.717, 1.165) is 13.0 Å². The van der Waals surface area contributed by atoms with Crippen molar-refractivity contribution in [1.29, 1.82) is 0 Å². The van der Waals surface area contributed by atoms with Crippen LogP contribution in [0, 0.1) is 0 Å². The average molecular weight is 221 g/mol. The second-order valence-corrected chi connectivity index (χ2v) is 4.70. The van der Waals surface area contributed by atoms with Crippen molar-refractivity contribution in [2.24, 2.45) is 0 Å². The molecule has 0 aromatic heterocycles. The summed E-state index contributed by atoms with van der Waals surface area (Å²) in [6.45, 7) is 8.01. The normalized spacial score (nSPS) is 11.8. The summed E-state index contributed by atoms with van der Waals surface area (Å²) < 4.78 is 5.92. The van der Waals surface area contributed by atoms with Crippen molar-refractivity contribution < 1.29 is 4.74 Å². The van der Waals surface area contributed by atoms with E-state index in [1.54, 1.807) is 0 Å². The first-order valence-corrected chi connectivity index (χ1v) is 5.94. The Hall–Kier alpha value is -0.860. The number of hydrogen-bond acceptors (Lipinski definition) is 2. The Morgan fingerprint density at radius 2 is 1.81 bits per heavy atom. The summed E-state index contributed by atoms with van der Waals surface area (Å²) in [5.41, 5.74) is 2.56. The van der Waals surface area contributed by atoms with Gasteiger partial charge >= 0.3 is 0 Å². The summed E-state index contributed by atoms with van der Waals surface area (Å²) >= 11 is 0. The first kappa shape index (κ1) is 13.2. The third-order valence-corrected chi connectivity index (χ3v) is 2.96. The zero-order chi connectivity index (χ0) is 12.0. The lowest BCUT2D eigenvalue weighted by atomic mass is 10.1. The molecule has 0 aliphatic heterocycles. The number of nitrogens with one attached hydrogen (secondary N) is 1. The van der Waals surface area contributed by atoms with Crippen molar-refractivity contribution in [3.05, 3.63) is 35.4 Å². The van der Waals surface area contributed by atoms with E-state index < -0.39 is 0 Å². The summed E-state index contributed by atoms with van der Waals surface area (Å²) in [7, 11) is 1.97. The van der Waals surface area contributed by atoms with Gasteiger partial charge in [0.15, 0.2) is 0 Å². The van der Waals surface area contributed by atoms with Gasteiger partial charge in [-0.15, -0.1) is 0 Å². The molecule has 2 heteroatoms. The van der Waals surface area contributed by atoms with E-state index in [0.29, 0.717) is 6.61 Å². The molecule has 1 rings (SSSR count). The van der Waals surface area contributed by atoms with E-state index in [-0.39, 0.29) is 5.60 Å². The van der Waals surface area contributed by atoms with Gasteiger partial charge in [-0.3, -0.25) is 0 Å². The summed E-state index contributed by atoms with van der Waals surface area (Å²) in [4.78, 5) is 0. The number of rotatable bonds is 6. The topological polar surface area (TPSA) is 21.3 Å². The molecule has 0 aliphatic carbocycles. The molecule has 1 N–H and O–H groups in total. The van der Waals surface area contributed by atoms with Crippen LogP contribution in [0.15, 0.2) is 24.3 Å². The van der Waals surface area contributed by atoms with Crippen LogP contribution in [0.25, 0.3) is 0 Å². The van der Waals surface area contributed by atoms with Gasteiger partial charge in [-0.05, 0) is 38.4 Å². The predicted molar refractivity (Wildman–Crippen MR) is 68.4 cm³/mol. The van der Waals surface area contributed by atoms with Gasteiger partial charge in [0.1, 0.15) is 0 Å². The molecule has 0 aliphatic rings. The smallest absolute Gasteiger partial charge is 0.0727 e. The van der Waals surface area contributed by atoms with E-state index in [2.05, 4.69) is 50.4 Å². The quantitative estimate of drug-likeness (QED) is 0.797. The second-order valence-electron chi connectivity index (χ2n) is 4.70. The molecule has 16 heavy (non-hydrogen) atoms. The molecule has 0 amide bonds. The molecule has 0 fully saturated rings. The lowest BCUT2D eigenvalue weighted by Crippen LogP contribution is -2.23. The molecular weight excluding hydrogens is 198 g/mol. The standard InChI is InChI=1S/C14H23NO/c1-5-14(2,3)16-11-13-9-7-6-8-12(13)10-15-4/h6-9,15H,5,10-11H2,1-4H3. The van der Waals surface area contributed by atoms with E-state index in [4.69, 9.17) is 4.74 Å². The summed E-state index contributed by atoms with van der Waals surface area (Å²) in [6.07, 6.45) is 1.03. The average Bonchev–Trinajstić information content (AvgIpc) is 2.28. The van der Waals surface area contributed by atoms with Gasteiger partial charge in [0.05, 0.1) is 12.2 Å². The minimum Gasteiger partial charge on any atom is -0.371 e. The van der Waals surface area contributed by atoms with Gasteiger partial charge in [0, 0.05) is 6.54 Å². The summed E-state index contributed by atoms with van der Waals surface area (Å²) in [5.74, 6) is 0. The minimum absolute atomic E-state index is 0.0350. The van der Waals surface area contributed by atoms with Crippen LogP contribution < -0.4 is 5.32 Å². The zero-order valence-electron chi connectivity index (χ0n) is 10.8. The SMILES string of the molecule is CCC(C)(C)OCc1ccccc1CNC. The Kier molecular flexibility index (Phi) is 4.97. The molecule has 0 radical (unpaired) electrons. The van der Waals surface area contributed by atoms with Gasteiger partial charge in [-0.25, -0.2) is 0 Å². The maximum absolute atomic E-state index is 5.92. The zero-order valence-corrected chi connectivity index (χ0v) is 10.8. The van der Waals surface area contributed by atoms with Gasteiger partial charge in [-0.1, -0.05) is 31.2 Å². The molecule has 0 atom stereocenters. The van der Waals surface area contributed by atoms with Gasteiger partial charge in [0.2, 0.25) is 0 Å². The van der Waals surface area contributed by atoms with Crippen LogP contribution in [0.1, 0.15) is 38.3 Å². The van der Waals surface area contributed by atoms with Crippen molar-refractivity contribution in [3.8, 4) is 0 Å². The van der Waals surface area contributed by atoms with Crippen molar-refractivity contribution in [2.75, 3.05) is 7.05 Å². The van der Waals surface area contributed by atoms with E-state index in [1.165, 1.54) is 11.1 Å². The van der Waals surface area contributed by atoms with Crippen LogP contribution in [0.3, 0.4) is 0 Å². The number of ether oxygens (including phenoxy) is 1. The highest BCUT2D eigenvalue weighted by Gasteiger charge is 2.15. The van der Waals surface area contributed by atoms with Crippen molar-refractivity contribution in [2.45, 2.75) is 45.9 Å². The van der Waals surface area contributed by atoms with Crippen molar-refractivity contribution >= 4 is 0 Å². The van der Waals surface area contributed by atoms with Crippen LogP contribution in [0.4, 0.5) is 0 Å². The van der Waals surface area contributed by atoms with E-state index >= 15 is 0 Å². The number of benzene rings is 1. The van der Waals surface area contributed by atoms with Crippen LogP contribution >= 0.6 is 0 Å². The fraction of sp³-hybridized carbons (Fsp3) is 0.571. The highest BCUT2D eigenvalue weighted by molar-refractivity contribution is 5.26. The Bertz CT molecular complexity index is 320. The fourth-order valence-electron chi connectivity index (χ4n) is 1.44. The van der Waals surface area contributed by atoms with Crippen LogP contribution in [-0.2, 0) is 17.9 Å². The molecule has 0 unspecified atom stereocenters. The largest absolute Gasteiger partial charge is 0.371 e. The monoisotopic (exact) mass is 221 g/mol. The van der Waals surface area contributed by atoms with Gasteiger partial charge < -0.3 is 10.1 Å². The molecule has 0 saturated carbocycles. The van der Waals surface area contributed by atoms with E-state index in [9.17, 15) is 0 Å². The van der Waals surface area contributed by atoms with Crippen LogP contribution in [0.2, 0.25) is 0 Å². The van der Waals surface area contributed by atoms with Crippen molar-refractivity contribution in [1.82, 2.24) is 5.32 Å². The van der Waals surface area contributed by atoms with E-state index in [1.807, 2.05) is 7.05 Å². The third-order valence-electron chi connectivity index (χ3n) is 2.96. The lowest BCUT2D eigenvalue weighted by molar-refractivity contribution is -0.0319. The molecule has 90 valence electrons. The molecule has 2 nitrogen and oxygen atoms in total. The second kappa shape index (κ2) is 6.02. The molecule has 0 spiro atoms. The third kappa shape index (κ3) is 3.95. The Labute approximate surface area is 99.0 Å². The van der Waals surface area contributed by atoms with Gasteiger partial charge in [0.25, 0.3) is 0 Å². The number of hydrogen-bond donors (Lipinski definition) is 1. The summed E-state index contributed by atoms with van der Waals surface area (Å²) in [5, 5.41) is 3.18. The first-order chi connectivity index (χ1) is 7.59. The first-order valence-electron chi connectivity index (χ1n) is 5.94. The summed E-state index contributed by atoms with van der Waals surface area (Å²) in [6, 6.07) is 8.42. The Morgan fingerprint density at radius 3 is 2.38 bits per heavy atom. The maximum atomic E-state index is 5.92. The maximum Gasteiger partial charge on any atom is 0.0727 e. The fourth-order valence-corrected chi connectivity index (χ4v) is 1.44. The molecule has 0 bridgehead atoms. The molecule has 0 saturated heterocycles. The molecule has 1 aromatic rings. The molecular formula is C14H23NO. The Morgan fingerprint density at radius 1 is 1.19 bits per heavy atom. The van der Waals surface area contributed by atoms with Crippen molar-refractivity contribution in [3.63, 3.8) is 0 Å². The molecule has 1 aromatic carbocycles.